The quantitative estimate of drug-likeness (QED) is 0.268. The van der Waals surface area contributed by atoms with Crippen molar-refractivity contribution in [2.75, 3.05) is 45.6 Å². The van der Waals surface area contributed by atoms with Crippen LogP contribution in [0.15, 0.2) is 91.0 Å². The van der Waals surface area contributed by atoms with Crippen molar-refractivity contribution in [3.05, 3.63) is 91.0 Å². The van der Waals surface area contributed by atoms with Crippen LogP contribution in [-0.2, 0) is 14.3 Å². The Balaban J connectivity index is 1.85. The molecule has 1 aliphatic heterocycles. The monoisotopic (exact) mass is 555 g/mol. The van der Waals surface area contributed by atoms with Crippen LogP contribution in [0, 0.1) is 5.92 Å². The normalized spacial score (nSPS) is 16.7. The molecule has 0 amide bonds. The van der Waals surface area contributed by atoms with E-state index >= 15 is 0 Å². The molecule has 4 nitrogen and oxygen atoms in total. The minimum atomic E-state index is -3.22. The number of benzene rings is 3. The van der Waals surface area contributed by atoms with Crippen LogP contribution in [-0.4, -0.2) is 56.5 Å². The molecule has 6 heteroatoms. The van der Waals surface area contributed by atoms with Crippen LogP contribution < -0.4 is 15.9 Å². The van der Waals surface area contributed by atoms with Gasteiger partial charge in [0.1, 0.15) is 0 Å². The summed E-state index contributed by atoms with van der Waals surface area (Å²) in [5.74, 6) is -0.368. The van der Waals surface area contributed by atoms with Gasteiger partial charge in [-0.15, -0.1) is 0 Å². The average Bonchev–Trinajstić information content (AvgIpc) is 2.93. The van der Waals surface area contributed by atoms with E-state index in [1.807, 2.05) is 6.92 Å². The Labute approximate surface area is 217 Å². The molecule has 0 saturated carbocycles. The summed E-state index contributed by atoms with van der Waals surface area (Å²) in [6, 6.07) is 31.9. The van der Waals surface area contributed by atoms with E-state index in [1.54, 1.807) is 0 Å². The van der Waals surface area contributed by atoms with Gasteiger partial charge in [0.25, 0.3) is 0 Å². The first-order valence-electron chi connectivity index (χ1n) is 12.4. The molecule has 0 N–H and O–H groups in total. The van der Waals surface area contributed by atoms with E-state index in [0.29, 0.717) is 12.8 Å². The molecular formula is C29H35BrNO3P. The maximum absolute atomic E-state index is 13.5. The van der Waals surface area contributed by atoms with Crippen molar-refractivity contribution in [1.82, 2.24) is 4.90 Å². The van der Waals surface area contributed by atoms with Crippen molar-refractivity contribution >= 4 is 42.7 Å². The molecule has 1 fully saturated rings. The standard InChI is InChI=1S/C29H35BrNO3P/c1-2-34-29(32)25(18-19-31-20-22-33-23-21-31)24-35(30,26-12-6-3-7-13-26,27-14-8-4-9-15-27)28-16-10-5-11-17-28/h3-17,25H,2,18-24H2,1H3. The van der Waals surface area contributed by atoms with E-state index in [9.17, 15) is 4.79 Å². The molecule has 0 aliphatic carbocycles. The summed E-state index contributed by atoms with van der Waals surface area (Å²) >= 11 is 4.49. The molecule has 0 aromatic heterocycles. The minimum absolute atomic E-state index is 0.114. The number of hydrogen-bond donors (Lipinski definition) is 0. The SMILES string of the molecule is CCOC(=O)C(CCN1CCOCC1)CP(Br)(c1ccccc1)(c1ccccc1)c1ccccc1. The third kappa shape index (κ3) is 5.54. The zero-order valence-corrected chi connectivity index (χ0v) is 22.9. The zero-order valence-electron chi connectivity index (χ0n) is 20.4. The van der Waals surface area contributed by atoms with E-state index in [1.165, 1.54) is 15.9 Å². The first kappa shape index (κ1) is 26.0. The van der Waals surface area contributed by atoms with Gasteiger partial charge < -0.3 is 0 Å². The Morgan fingerprint density at radius 2 is 1.34 bits per heavy atom. The second kappa shape index (κ2) is 11.8. The number of carbonyl (C=O) groups excluding carboxylic acids is 1. The fraction of sp³-hybridized carbons (Fsp3) is 0.345. The van der Waals surface area contributed by atoms with Gasteiger partial charge in [-0.05, 0) is 0 Å². The van der Waals surface area contributed by atoms with Crippen LogP contribution in [0.4, 0.5) is 0 Å². The fourth-order valence-electron chi connectivity index (χ4n) is 5.10. The van der Waals surface area contributed by atoms with Crippen LogP contribution in [0.5, 0.6) is 0 Å². The Morgan fingerprint density at radius 1 is 0.886 bits per heavy atom. The molecule has 3 aromatic carbocycles. The van der Waals surface area contributed by atoms with Gasteiger partial charge in [0.15, 0.2) is 0 Å². The molecule has 0 bridgehead atoms. The van der Waals surface area contributed by atoms with E-state index < -0.39 is 5.31 Å². The van der Waals surface area contributed by atoms with E-state index in [2.05, 4.69) is 111 Å². The summed E-state index contributed by atoms with van der Waals surface area (Å²) < 4.78 is 11.2. The van der Waals surface area contributed by atoms with Crippen LogP contribution in [0.3, 0.4) is 0 Å². The molecule has 4 rings (SSSR count). The molecule has 0 radical (unpaired) electrons. The molecule has 1 heterocycles. The van der Waals surface area contributed by atoms with Crippen LogP contribution in [0.1, 0.15) is 13.3 Å². The van der Waals surface area contributed by atoms with Crippen LogP contribution in [0.25, 0.3) is 0 Å². The second-order valence-corrected chi connectivity index (χ2v) is 18.0. The summed E-state index contributed by atoms with van der Waals surface area (Å²) in [5, 5.41) is 0.437. The molecule has 1 unspecified atom stereocenters. The first-order valence-corrected chi connectivity index (χ1v) is 16.9. The summed E-state index contributed by atoms with van der Waals surface area (Å²) in [4.78, 5) is 15.9. The number of ether oxygens (including phenoxy) is 2. The summed E-state index contributed by atoms with van der Waals surface area (Å²) in [5.41, 5.74) is 0. The van der Waals surface area contributed by atoms with Crippen molar-refractivity contribution in [3.8, 4) is 0 Å². The molecule has 186 valence electrons. The molecule has 35 heavy (non-hydrogen) atoms. The number of rotatable bonds is 10. The fourth-order valence-corrected chi connectivity index (χ4v) is 13.3. The number of nitrogens with zero attached hydrogens (tertiary/aromatic N) is 1. The molecular weight excluding hydrogens is 521 g/mol. The van der Waals surface area contributed by atoms with Crippen molar-refractivity contribution < 1.29 is 14.3 Å². The third-order valence-corrected chi connectivity index (χ3v) is 16.8. The summed E-state index contributed by atoms with van der Waals surface area (Å²) in [6.07, 6.45) is 1.40. The predicted octanol–water partition coefficient (Wildman–Crippen LogP) is 4.73. The average molecular weight is 556 g/mol. The molecule has 3 aromatic rings. The van der Waals surface area contributed by atoms with Crippen molar-refractivity contribution in [3.63, 3.8) is 0 Å². The molecule has 1 saturated heterocycles. The van der Waals surface area contributed by atoms with Gasteiger partial charge >= 0.3 is 218 Å². The van der Waals surface area contributed by atoms with Gasteiger partial charge in [0.05, 0.1) is 0 Å². The number of morpholine rings is 1. The predicted molar refractivity (Wildman–Crippen MR) is 151 cm³/mol. The molecule has 1 aliphatic rings. The second-order valence-electron chi connectivity index (χ2n) is 9.06. The van der Waals surface area contributed by atoms with E-state index in [0.717, 1.165) is 39.3 Å². The van der Waals surface area contributed by atoms with Gasteiger partial charge in [-0.2, -0.15) is 0 Å². The van der Waals surface area contributed by atoms with Gasteiger partial charge in [0.2, 0.25) is 0 Å². The van der Waals surface area contributed by atoms with Crippen molar-refractivity contribution in [1.29, 1.82) is 0 Å². The van der Waals surface area contributed by atoms with Crippen molar-refractivity contribution in [2.24, 2.45) is 5.92 Å². The Kier molecular flexibility index (Phi) is 8.77. The maximum atomic E-state index is 13.5. The van der Waals surface area contributed by atoms with Gasteiger partial charge in [-0.1, -0.05) is 0 Å². The van der Waals surface area contributed by atoms with Gasteiger partial charge in [-0.3, -0.25) is 0 Å². The summed E-state index contributed by atoms with van der Waals surface area (Å²) in [7, 11) is 0. The van der Waals surface area contributed by atoms with Crippen LogP contribution in [0.2, 0.25) is 0 Å². The zero-order chi connectivity index (χ0) is 24.6. The number of esters is 1. The van der Waals surface area contributed by atoms with E-state index in [4.69, 9.17) is 9.47 Å². The summed E-state index contributed by atoms with van der Waals surface area (Å²) in [6.45, 7) is 6.43. The third-order valence-electron chi connectivity index (χ3n) is 6.96. The van der Waals surface area contributed by atoms with Gasteiger partial charge in [0, 0.05) is 0 Å². The Morgan fingerprint density at radius 3 is 1.77 bits per heavy atom. The number of carbonyl (C=O) groups is 1. The molecule has 0 spiro atoms. The number of halogens is 1. The topological polar surface area (TPSA) is 38.8 Å². The first-order chi connectivity index (χ1) is 17.1. The van der Waals surface area contributed by atoms with Gasteiger partial charge in [-0.25, -0.2) is 0 Å². The van der Waals surface area contributed by atoms with E-state index in [-0.39, 0.29) is 11.9 Å². The van der Waals surface area contributed by atoms with Crippen molar-refractivity contribution in [2.45, 2.75) is 13.3 Å². The Bertz CT molecular complexity index is 975. The Hall–Kier alpha value is -2.04. The molecule has 1 atom stereocenters. The number of hydrogen-bond acceptors (Lipinski definition) is 4. The van der Waals surface area contributed by atoms with Crippen LogP contribution >= 0.6 is 20.8 Å².